The summed E-state index contributed by atoms with van der Waals surface area (Å²) in [5.41, 5.74) is 0. The van der Waals surface area contributed by atoms with Crippen molar-refractivity contribution in [3.05, 3.63) is 21.9 Å². The van der Waals surface area contributed by atoms with Crippen LogP contribution in [-0.2, 0) is 6.54 Å². The van der Waals surface area contributed by atoms with E-state index in [1.54, 1.807) is 0 Å². The summed E-state index contributed by atoms with van der Waals surface area (Å²) >= 11 is 1.88. The molecule has 0 atom stereocenters. The Morgan fingerprint density at radius 2 is 2.15 bits per heavy atom. The number of rotatable bonds is 5. The summed E-state index contributed by atoms with van der Waals surface area (Å²) in [5.74, 6) is 0. The summed E-state index contributed by atoms with van der Waals surface area (Å²) in [4.78, 5) is 2.85. The van der Waals surface area contributed by atoms with E-state index >= 15 is 0 Å². The van der Waals surface area contributed by atoms with Gasteiger partial charge < -0.3 is 17.7 Å². The van der Waals surface area contributed by atoms with Gasteiger partial charge in [0, 0.05) is 16.3 Å². The summed E-state index contributed by atoms with van der Waals surface area (Å²) in [6.45, 7) is 6.56. The minimum Gasteiger partial charge on any atom is -1.00 e. The van der Waals surface area contributed by atoms with Crippen LogP contribution in [0.15, 0.2) is 12.1 Å². The van der Waals surface area contributed by atoms with Crippen LogP contribution in [0.2, 0.25) is 0 Å². The van der Waals surface area contributed by atoms with Gasteiger partial charge in [-0.15, -0.1) is 11.3 Å². The topological polar surface area (TPSA) is 12.0 Å². The number of hydrogen-bond donors (Lipinski definition) is 1. The maximum atomic E-state index is 3.43. The van der Waals surface area contributed by atoms with Gasteiger partial charge in [-0.25, -0.2) is 0 Å². The molecule has 13 heavy (non-hydrogen) atoms. The number of aryl methyl sites for hydroxylation is 1. The molecule has 0 amide bonds. The molecule has 0 aromatic carbocycles. The third-order valence-electron chi connectivity index (χ3n) is 1.80. The van der Waals surface area contributed by atoms with Gasteiger partial charge in [-0.05, 0) is 32.0 Å². The fourth-order valence-corrected chi connectivity index (χ4v) is 1.95. The van der Waals surface area contributed by atoms with E-state index < -0.39 is 0 Å². The van der Waals surface area contributed by atoms with Gasteiger partial charge in [0.1, 0.15) is 0 Å². The number of unbranched alkanes of at least 4 members (excludes halogenated alkanes) is 1. The molecule has 0 radical (unpaired) electrons. The van der Waals surface area contributed by atoms with Gasteiger partial charge in [0.25, 0.3) is 0 Å². The second kappa shape index (κ2) is 7.36. The fourth-order valence-electron chi connectivity index (χ4n) is 1.09. The van der Waals surface area contributed by atoms with Gasteiger partial charge in [0.2, 0.25) is 0 Å². The first kappa shape index (κ1) is 12.9. The number of nitrogens with one attached hydrogen (secondary N) is 1. The molecule has 1 heterocycles. The zero-order chi connectivity index (χ0) is 8.81. The van der Waals surface area contributed by atoms with E-state index in [2.05, 4.69) is 31.3 Å². The lowest BCUT2D eigenvalue weighted by atomic mass is 10.3. The Balaban J connectivity index is 0.00000144. The maximum Gasteiger partial charge on any atom is 0.0299 e. The van der Waals surface area contributed by atoms with Gasteiger partial charge >= 0.3 is 0 Å². The van der Waals surface area contributed by atoms with E-state index in [-0.39, 0.29) is 12.4 Å². The molecule has 1 aromatic heterocycles. The van der Waals surface area contributed by atoms with Crippen LogP contribution in [0.3, 0.4) is 0 Å². The third-order valence-corrected chi connectivity index (χ3v) is 2.80. The SMILES string of the molecule is CCCCNCc1ccc(C)s1.[Cl-]. The Morgan fingerprint density at radius 3 is 2.69 bits per heavy atom. The van der Waals surface area contributed by atoms with Gasteiger partial charge in [-0.2, -0.15) is 0 Å². The van der Waals surface area contributed by atoms with Crippen LogP contribution >= 0.6 is 11.3 Å². The molecule has 1 N–H and O–H groups in total. The zero-order valence-corrected chi connectivity index (χ0v) is 9.84. The maximum absolute atomic E-state index is 3.43. The lowest BCUT2D eigenvalue weighted by Crippen LogP contribution is -3.00. The molecule has 0 saturated heterocycles. The molecule has 0 bridgehead atoms. The monoisotopic (exact) mass is 218 g/mol. The Labute approximate surface area is 91.0 Å². The molecule has 3 heteroatoms. The zero-order valence-electron chi connectivity index (χ0n) is 8.27. The molecule has 0 aliphatic rings. The quantitative estimate of drug-likeness (QED) is 0.684. The minimum atomic E-state index is 0. The van der Waals surface area contributed by atoms with Gasteiger partial charge in [0.05, 0.1) is 0 Å². The first-order chi connectivity index (χ1) is 5.83. The first-order valence-corrected chi connectivity index (χ1v) is 5.40. The first-order valence-electron chi connectivity index (χ1n) is 4.59. The Hall–Kier alpha value is -0.0500. The minimum absolute atomic E-state index is 0. The molecule has 0 aliphatic heterocycles. The van der Waals surface area contributed by atoms with Crippen LogP contribution in [-0.4, -0.2) is 6.54 Å². The average molecular weight is 219 g/mol. The summed E-state index contributed by atoms with van der Waals surface area (Å²) in [5, 5.41) is 3.43. The lowest BCUT2D eigenvalue weighted by molar-refractivity contribution is -0.00000259. The predicted molar refractivity (Wildman–Crippen MR) is 55.7 cm³/mol. The van der Waals surface area contributed by atoms with Gasteiger partial charge in [-0.1, -0.05) is 13.3 Å². The van der Waals surface area contributed by atoms with E-state index in [4.69, 9.17) is 0 Å². The molecule has 0 aliphatic carbocycles. The Morgan fingerprint density at radius 1 is 1.38 bits per heavy atom. The van der Waals surface area contributed by atoms with Crippen molar-refractivity contribution >= 4 is 11.3 Å². The van der Waals surface area contributed by atoms with Crippen molar-refractivity contribution in [1.29, 1.82) is 0 Å². The van der Waals surface area contributed by atoms with Crippen molar-refractivity contribution in [2.75, 3.05) is 6.54 Å². The summed E-state index contributed by atoms with van der Waals surface area (Å²) in [7, 11) is 0. The smallest absolute Gasteiger partial charge is 0.0299 e. The van der Waals surface area contributed by atoms with E-state index in [9.17, 15) is 0 Å². The largest absolute Gasteiger partial charge is 1.00 e. The highest BCUT2D eigenvalue weighted by Gasteiger charge is 1.94. The highest BCUT2D eigenvalue weighted by Crippen LogP contribution is 2.14. The van der Waals surface area contributed by atoms with Crippen LogP contribution in [0.1, 0.15) is 29.5 Å². The molecule has 1 aromatic rings. The predicted octanol–water partition coefficient (Wildman–Crippen LogP) is -0.0498. The molecular formula is C10H17ClNS-. The standard InChI is InChI=1S/C10H17NS.ClH/c1-3-4-7-11-8-10-6-5-9(2)12-10;/h5-6,11H,3-4,7-8H2,1-2H3;1H/p-1. The normalized spacial score (nSPS) is 9.69. The highest BCUT2D eigenvalue weighted by atomic mass is 35.5. The molecule has 1 rings (SSSR count). The molecule has 0 fully saturated rings. The van der Waals surface area contributed by atoms with Gasteiger partial charge in [-0.3, -0.25) is 0 Å². The Kier molecular flexibility index (Phi) is 7.33. The highest BCUT2D eigenvalue weighted by molar-refractivity contribution is 7.11. The molecule has 1 nitrogen and oxygen atoms in total. The molecule has 0 unspecified atom stereocenters. The van der Waals surface area contributed by atoms with Crippen molar-refractivity contribution in [2.24, 2.45) is 0 Å². The molecule has 76 valence electrons. The van der Waals surface area contributed by atoms with Crippen LogP contribution in [0.4, 0.5) is 0 Å². The van der Waals surface area contributed by atoms with Crippen molar-refractivity contribution in [3.8, 4) is 0 Å². The van der Waals surface area contributed by atoms with E-state index in [0.717, 1.165) is 13.1 Å². The summed E-state index contributed by atoms with van der Waals surface area (Å²) in [6.07, 6.45) is 2.56. The van der Waals surface area contributed by atoms with Crippen molar-refractivity contribution in [3.63, 3.8) is 0 Å². The molecule has 0 saturated carbocycles. The second-order valence-corrected chi connectivity index (χ2v) is 4.42. The number of thiophene rings is 1. The molecule has 0 spiro atoms. The van der Waals surface area contributed by atoms with E-state index in [1.807, 2.05) is 11.3 Å². The van der Waals surface area contributed by atoms with E-state index in [0.29, 0.717) is 0 Å². The summed E-state index contributed by atoms with van der Waals surface area (Å²) < 4.78 is 0. The second-order valence-electron chi connectivity index (χ2n) is 3.04. The van der Waals surface area contributed by atoms with Crippen molar-refractivity contribution in [2.45, 2.75) is 33.2 Å². The third kappa shape index (κ3) is 5.29. The van der Waals surface area contributed by atoms with Crippen LogP contribution in [0, 0.1) is 6.92 Å². The fraction of sp³-hybridized carbons (Fsp3) is 0.600. The van der Waals surface area contributed by atoms with Crippen molar-refractivity contribution in [1.82, 2.24) is 5.32 Å². The van der Waals surface area contributed by atoms with E-state index in [1.165, 1.54) is 22.6 Å². The van der Waals surface area contributed by atoms with Crippen LogP contribution < -0.4 is 17.7 Å². The molecular weight excluding hydrogens is 202 g/mol. The summed E-state index contributed by atoms with van der Waals surface area (Å²) in [6, 6.07) is 4.39. The average Bonchev–Trinajstić information content (AvgIpc) is 2.45. The van der Waals surface area contributed by atoms with Crippen molar-refractivity contribution < 1.29 is 12.4 Å². The Bertz CT molecular complexity index is 222. The van der Waals surface area contributed by atoms with Crippen LogP contribution in [0.5, 0.6) is 0 Å². The number of halogens is 1. The number of hydrogen-bond acceptors (Lipinski definition) is 2. The van der Waals surface area contributed by atoms with Gasteiger partial charge in [0.15, 0.2) is 0 Å². The van der Waals surface area contributed by atoms with Crippen LogP contribution in [0.25, 0.3) is 0 Å². The lowest BCUT2D eigenvalue weighted by Gasteiger charge is -1.99.